The lowest BCUT2D eigenvalue weighted by Crippen LogP contribution is -2.28. The second-order valence-corrected chi connectivity index (χ2v) is 8.04. The Labute approximate surface area is 195 Å². The van der Waals surface area contributed by atoms with Crippen LogP contribution in [-0.2, 0) is 0 Å². The van der Waals surface area contributed by atoms with E-state index >= 15 is 0 Å². The number of rotatable bonds is 1. The highest BCUT2D eigenvalue weighted by atomic mass is 14.9. The smallest absolute Gasteiger partial charge is 0.139 e. The van der Waals surface area contributed by atoms with Crippen LogP contribution in [0.2, 0.25) is 0 Å². The molecule has 0 fully saturated rings. The van der Waals surface area contributed by atoms with Crippen molar-refractivity contribution in [2.24, 2.45) is 5.73 Å². The number of allylic oxidation sites excluding steroid dienone is 1. The van der Waals surface area contributed by atoms with Gasteiger partial charge in [-0.15, -0.1) is 0 Å². The Morgan fingerprint density at radius 3 is 2.35 bits per heavy atom. The van der Waals surface area contributed by atoms with Crippen LogP contribution >= 0.6 is 0 Å². The zero-order chi connectivity index (χ0) is 23.4. The number of hydrogen-bond donors (Lipinski definition) is 2. The summed E-state index contributed by atoms with van der Waals surface area (Å²) in [5.74, 6) is 0. The van der Waals surface area contributed by atoms with Gasteiger partial charge in [0.2, 0.25) is 0 Å². The fourth-order valence-corrected chi connectivity index (χ4v) is 4.65. The zero-order valence-electron chi connectivity index (χ0n) is 17.7. The standard InChI is InChI=1S/C27H15N7/c28-12-15(13-29)21-16-5-1-2-6-18(16)24-25(21)34-27-23(31)19-11-14(20-7-3-4-10-32-20)8-9-17(19)22(30)26(27)33-24/h1-11,23,30H,31H2. The third-order valence-electron chi connectivity index (χ3n) is 6.23. The molecule has 0 saturated heterocycles. The van der Waals surface area contributed by atoms with E-state index in [0.717, 1.165) is 27.9 Å². The molecule has 0 amide bonds. The van der Waals surface area contributed by atoms with E-state index < -0.39 is 6.04 Å². The lowest BCUT2D eigenvalue weighted by Gasteiger charge is -2.26. The molecule has 0 aliphatic heterocycles. The Bertz CT molecular complexity index is 1640. The van der Waals surface area contributed by atoms with Crippen LogP contribution in [0.1, 0.15) is 39.8 Å². The van der Waals surface area contributed by atoms with E-state index in [-0.39, 0.29) is 11.3 Å². The Morgan fingerprint density at radius 2 is 1.62 bits per heavy atom. The Hall–Kier alpha value is -4.98. The summed E-state index contributed by atoms with van der Waals surface area (Å²) in [4.78, 5) is 14.1. The van der Waals surface area contributed by atoms with Crippen molar-refractivity contribution in [2.45, 2.75) is 6.04 Å². The fourth-order valence-electron chi connectivity index (χ4n) is 4.65. The van der Waals surface area contributed by atoms with E-state index in [0.29, 0.717) is 33.9 Å². The zero-order valence-corrected chi connectivity index (χ0v) is 17.7. The minimum Gasteiger partial charge on any atom is -0.319 e. The van der Waals surface area contributed by atoms with Crippen LogP contribution in [0.15, 0.2) is 72.4 Å². The van der Waals surface area contributed by atoms with Gasteiger partial charge in [0.15, 0.2) is 0 Å². The second kappa shape index (κ2) is 7.28. The van der Waals surface area contributed by atoms with Gasteiger partial charge >= 0.3 is 0 Å². The quantitative estimate of drug-likeness (QED) is 0.378. The summed E-state index contributed by atoms with van der Waals surface area (Å²) < 4.78 is 0. The van der Waals surface area contributed by atoms with Gasteiger partial charge in [0.1, 0.15) is 23.4 Å². The molecule has 7 nitrogen and oxygen atoms in total. The normalized spacial score (nSPS) is 14.9. The molecule has 1 atom stereocenters. The minimum atomic E-state index is -0.627. The SMILES string of the molecule is N#CC(C#N)=C1c2ccccc2-c2nc3c(nc21)C(N)c1cc(-c2ccccn2)ccc1C3=N. The van der Waals surface area contributed by atoms with Gasteiger partial charge in [0.05, 0.1) is 34.5 Å². The number of nitrogens with two attached hydrogens (primary N) is 1. The summed E-state index contributed by atoms with van der Waals surface area (Å²) >= 11 is 0. The van der Waals surface area contributed by atoms with Crippen molar-refractivity contribution in [1.29, 1.82) is 15.9 Å². The molecule has 1 unspecified atom stereocenters. The average Bonchev–Trinajstić information content (AvgIpc) is 3.21. The first kappa shape index (κ1) is 19.7. The molecule has 2 aliphatic rings. The number of nitrogens with zero attached hydrogens (tertiary/aromatic N) is 5. The topological polar surface area (TPSA) is 136 Å². The molecule has 0 radical (unpaired) electrons. The summed E-state index contributed by atoms with van der Waals surface area (Å²) in [6, 6.07) is 22.2. The molecule has 2 aliphatic carbocycles. The first-order valence-electron chi connectivity index (χ1n) is 10.6. The lowest BCUT2D eigenvalue weighted by atomic mass is 9.85. The largest absolute Gasteiger partial charge is 0.319 e. The van der Waals surface area contributed by atoms with Crippen molar-refractivity contribution in [1.82, 2.24) is 15.0 Å². The number of benzene rings is 2. The van der Waals surface area contributed by atoms with Gasteiger partial charge in [-0.25, -0.2) is 9.97 Å². The van der Waals surface area contributed by atoms with Crippen LogP contribution in [0.3, 0.4) is 0 Å². The van der Waals surface area contributed by atoms with Crippen molar-refractivity contribution < 1.29 is 0 Å². The molecule has 34 heavy (non-hydrogen) atoms. The van der Waals surface area contributed by atoms with Crippen LogP contribution in [0.5, 0.6) is 0 Å². The van der Waals surface area contributed by atoms with Gasteiger partial charge in [-0.05, 0) is 29.3 Å². The van der Waals surface area contributed by atoms with Gasteiger partial charge in [0, 0.05) is 28.5 Å². The second-order valence-electron chi connectivity index (χ2n) is 8.04. The van der Waals surface area contributed by atoms with Crippen molar-refractivity contribution in [3.63, 3.8) is 0 Å². The summed E-state index contributed by atoms with van der Waals surface area (Å²) in [5.41, 5.74) is 13.9. The van der Waals surface area contributed by atoms with E-state index in [1.54, 1.807) is 6.20 Å². The summed E-state index contributed by atoms with van der Waals surface area (Å²) in [6.45, 7) is 0. The molecule has 7 heteroatoms. The highest BCUT2D eigenvalue weighted by molar-refractivity contribution is 6.14. The molecule has 0 bridgehead atoms. The van der Waals surface area contributed by atoms with E-state index in [1.807, 2.05) is 72.8 Å². The Kier molecular flexibility index (Phi) is 4.21. The molecular weight excluding hydrogens is 422 g/mol. The number of fused-ring (bicyclic) bond motifs is 5. The molecule has 0 saturated carbocycles. The van der Waals surface area contributed by atoms with Crippen molar-refractivity contribution in [3.05, 3.63) is 106 Å². The summed E-state index contributed by atoms with van der Waals surface area (Å²) in [5, 5.41) is 28.1. The van der Waals surface area contributed by atoms with E-state index in [9.17, 15) is 10.5 Å². The molecule has 2 aromatic carbocycles. The van der Waals surface area contributed by atoms with Gasteiger partial charge in [-0.1, -0.05) is 42.5 Å². The summed E-state index contributed by atoms with van der Waals surface area (Å²) in [7, 11) is 0. The number of aromatic nitrogens is 3. The predicted molar refractivity (Wildman–Crippen MR) is 126 cm³/mol. The maximum Gasteiger partial charge on any atom is 0.139 e. The summed E-state index contributed by atoms with van der Waals surface area (Å²) in [6.07, 6.45) is 1.73. The van der Waals surface area contributed by atoms with Crippen LogP contribution < -0.4 is 5.73 Å². The first-order valence-corrected chi connectivity index (χ1v) is 10.6. The van der Waals surface area contributed by atoms with Crippen LogP contribution in [-0.4, -0.2) is 20.7 Å². The first-order chi connectivity index (χ1) is 16.6. The molecule has 4 aromatic rings. The van der Waals surface area contributed by atoms with Crippen LogP contribution in [0.25, 0.3) is 28.1 Å². The molecule has 0 spiro atoms. The monoisotopic (exact) mass is 437 g/mol. The van der Waals surface area contributed by atoms with Crippen molar-refractivity contribution in [3.8, 4) is 34.7 Å². The average molecular weight is 437 g/mol. The number of pyridine rings is 1. The van der Waals surface area contributed by atoms with Gasteiger partial charge in [-0.2, -0.15) is 10.5 Å². The van der Waals surface area contributed by atoms with E-state index in [1.165, 1.54) is 0 Å². The number of hydrogen-bond acceptors (Lipinski definition) is 7. The van der Waals surface area contributed by atoms with E-state index in [2.05, 4.69) is 4.98 Å². The minimum absolute atomic E-state index is 0.0299. The predicted octanol–water partition coefficient (Wildman–Crippen LogP) is 4.15. The molecule has 2 heterocycles. The van der Waals surface area contributed by atoms with Gasteiger partial charge in [-0.3, -0.25) is 10.4 Å². The maximum absolute atomic E-state index is 9.60. The molecular formula is C27H15N7. The Balaban J connectivity index is 1.58. The molecule has 158 valence electrons. The molecule has 6 rings (SSSR count). The third kappa shape index (κ3) is 2.65. The van der Waals surface area contributed by atoms with Crippen molar-refractivity contribution in [2.75, 3.05) is 0 Å². The molecule has 2 aromatic heterocycles. The molecule has 3 N–H and O–H groups in total. The number of nitrogens with one attached hydrogen (secondary N) is 1. The third-order valence-corrected chi connectivity index (χ3v) is 6.23. The van der Waals surface area contributed by atoms with Crippen LogP contribution in [0.4, 0.5) is 0 Å². The van der Waals surface area contributed by atoms with Crippen LogP contribution in [0, 0.1) is 28.1 Å². The highest BCUT2D eigenvalue weighted by Gasteiger charge is 2.36. The lowest BCUT2D eigenvalue weighted by molar-refractivity contribution is 0.799. The Morgan fingerprint density at radius 1 is 0.853 bits per heavy atom. The number of nitriles is 2. The highest BCUT2D eigenvalue weighted by Crippen LogP contribution is 2.45. The van der Waals surface area contributed by atoms with Gasteiger partial charge in [0.25, 0.3) is 0 Å². The van der Waals surface area contributed by atoms with E-state index in [4.69, 9.17) is 21.1 Å². The fraction of sp³-hybridized carbons (Fsp3) is 0.0370. The van der Waals surface area contributed by atoms with Gasteiger partial charge < -0.3 is 5.73 Å². The van der Waals surface area contributed by atoms with Crippen molar-refractivity contribution >= 4 is 11.3 Å². The maximum atomic E-state index is 9.60.